The number of ether oxygens (including phenoxy) is 1. The molecule has 3 rings (SSSR count). The van der Waals surface area contributed by atoms with Gasteiger partial charge in [0.1, 0.15) is 0 Å². The summed E-state index contributed by atoms with van der Waals surface area (Å²) < 4.78 is 34.4. The van der Waals surface area contributed by atoms with Gasteiger partial charge in [-0.05, 0) is 43.7 Å². The van der Waals surface area contributed by atoms with Crippen LogP contribution in [0.1, 0.15) is 19.8 Å². The van der Waals surface area contributed by atoms with Gasteiger partial charge in [-0.3, -0.25) is 10.1 Å². The second-order valence-electron chi connectivity index (χ2n) is 6.78. The predicted molar refractivity (Wildman–Crippen MR) is 121 cm³/mol. The minimum absolute atomic E-state index is 0.0397. The van der Waals surface area contributed by atoms with Gasteiger partial charge in [-0.15, -0.1) is 0 Å². The number of hydrogen-bond acceptors (Lipinski definition) is 5. The molecule has 0 aliphatic heterocycles. The van der Waals surface area contributed by atoms with Crippen LogP contribution < -0.4 is 10.0 Å². The average molecular weight is 465 g/mol. The summed E-state index contributed by atoms with van der Waals surface area (Å²) in [5.74, 6) is 0.0931. The van der Waals surface area contributed by atoms with E-state index in [-0.39, 0.29) is 23.8 Å². The van der Waals surface area contributed by atoms with Gasteiger partial charge < -0.3 is 9.30 Å². The lowest BCUT2D eigenvalue weighted by Crippen LogP contribution is -2.28. The summed E-state index contributed by atoms with van der Waals surface area (Å²) in [4.78, 5) is 17.0. The molecule has 2 aromatic carbocycles. The number of aryl methyl sites for hydroxylation is 1. The first-order valence-corrected chi connectivity index (χ1v) is 11.8. The number of nitrogens with zero attached hydrogens (tertiary/aromatic N) is 2. The number of benzene rings is 2. The van der Waals surface area contributed by atoms with E-state index < -0.39 is 10.0 Å². The van der Waals surface area contributed by atoms with Crippen LogP contribution in [-0.2, 0) is 26.1 Å². The number of fused-ring (bicyclic) bond motifs is 1. The fourth-order valence-corrected chi connectivity index (χ4v) is 4.40. The monoisotopic (exact) mass is 464 g/mol. The molecule has 0 fully saturated rings. The Kier molecular flexibility index (Phi) is 8.03. The first-order chi connectivity index (χ1) is 14.9. The van der Waals surface area contributed by atoms with Gasteiger partial charge in [-0.2, -0.15) is 0 Å². The average Bonchev–Trinajstić information content (AvgIpc) is 3.08. The molecule has 0 aliphatic rings. The summed E-state index contributed by atoms with van der Waals surface area (Å²) in [5, 5.41) is 3.12. The van der Waals surface area contributed by atoms with E-state index >= 15 is 0 Å². The molecular weight excluding hydrogens is 440 g/mol. The van der Waals surface area contributed by atoms with Gasteiger partial charge in [0.2, 0.25) is 21.9 Å². The van der Waals surface area contributed by atoms with Gasteiger partial charge in [-0.25, -0.2) is 18.1 Å². The first-order valence-electron chi connectivity index (χ1n) is 9.99. The Morgan fingerprint density at radius 3 is 2.77 bits per heavy atom. The van der Waals surface area contributed by atoms with Crippen LogP contribution in [0.3, 0.4) is 0 Å². The van der Waals surface area contributed by atoms with Crippen molar-refractivity contribution >= 4 is 44.5 Å². The Morgan fingerprint density at radius 2 is 2.00 bits per heavy atom. The summed E-state index contributed by atoms with van der Waals surface area (Å²) in [6.45, 7) is 3.79. The van der Waals surface area contributed by atoms with Crippen molar-refractivity contribution in [2.75, 3.05) is 25.1 Å². The third-order valence-electron chi connectivity index (χ3n) is 4.53. The normalized spacial score (nSPS) is 11.7. The topological polar surface area (TPSA) is 102 Å². The molecule has 0 saturated heterocycles. The van der Waals surface area contributed by atoms with Gasteiger partial charge in [0.05, 0.1) is 15.9 Å². The molecule has 0 bridgehead atoms. The zero-order chi connectivity index (χ0) is 22.3. The van der Waals surface area contributed by atoms with Crippen molar-refractivity contribution in [1.29, 1.82) is 0 Å². The highest BCUT2D eigenvalue weighted by Crippen LogP contribution is 2.20. The second kappa shape index (κ2) is 10.7. The zero-order valence-electron chi connectivity index (χ0n) is 17.2. The van der Waals surface area contributed by atoms with E-state index in [9.17, 15) is 13.2 Å². The van der Waals surface area contributed by atoms with E-state index in [1.807, 2.05) is 35.8 Å². The molecule has 1 aromatic heterocycles. The lowest BCUT2D eigenvalue weighted by molar-refractivity contribution is -0.116. The number of sulfonamides is 1. The van der Waals surface area contributed by atoms with Crippen LogP contribution in [-0.4, -0.2) is 43.6 Å². The molecular formula is C21H25ClN4O4S. The minimum Gasteiger partial charge on any atom is -0.382 e. The van der Waals surface area contributed by atoms with Crippen LogP contribution >= 0.6 is 11.6 Å². The van der Waals surface area contributed by atoms with Gasteiger partial charge in [0.25, 0.3) is 0 Å². The van der Waals surface area contributed by atoms with Crippen molar-refractivity contribution in [2.24, 2.45) is 0 Å². The summed E-state index contributed by atoms with van der Waals surface area (Å²) in [6, 6.07) is 13.6. The highest BCUT2D eigenvalue weighted by Gasteiger charge is 2.16. The van der Waals surface area contributed by atoms with E-state index in [0.717, 1.165) is 17.5 Å². The number of amides is 1. The Hall–Kier alpha value is -2.46. The Labute approximate surface area is 186 Å². The highest BCUT2D eigenvalue weighted by atomic mass is 35.5. The molecule has 166 valence electrons. The summed E-state index contributed by atoms with van der Waals surface area (Å²) in [7, 11) is -3.75. The van der Waals surface area contributed by atoms with E-state index in [2.05, 4.69) is 15.0 Å². The first kappa shape index (κ1) is 23.2. The third-order valence-corrected chi connectivity index (χ3v) is 6.22. The van der Waals surface area contributed by atoms with Crippen molar-refractivity contribution in [3.63, 3.8) is 0 Å². The summed E-state index contributed by atoms with van der Waals surface area (Å²) in [6.07, 6.45) is 0.735. The maximum atomic E-state index is 12.4. The molecule has 3 aromatic rings. The molecule has 0 aliphatic carbocycles. The van der Waals surface area contributed by atoms with E-state index in [1.54, 1.807) is 12.1 Å². The number of aromatic nitrogens is 2. The van der Waals surface area contributed by atoms with Crippen LogP contribution in [0, 0.1) is 0 Å². The third kappa shape index (κ3) is 6.27. The van der Waals surface area contributed by atoms with E-state index in [0.29, 0.717) is 30.7 Å². The van der Waals surface area contributed by atoms with Crippen molar-refractivity contribution in [2.45, 2.75) is 31.2 Å². The minimum atomic E-state index is -3.75. The Balaban J connectivity index is 1.62. The quantitative estimate of drug-likeness (QED) is 0.423. The van der Waals surface area contributed by atoms with Gasteiger partial charge in [0, 0.05) is 37.7 Å². The summed E-state index contributed by atoms with van der Waals surface area (Å²) >= 11 is 5.85. The fourth-order valence-electron chi connectivity index (χ4n) is 3.07. The number of carbonyl (C=O) groups is 1. The molecule has 0 saturated carbocycles. The maximum Gasteiger partial charge on any atom is 0.240 e. The number of hydrogen-bond donors (Lipinski definition) is 2. The molecule has 10 heteroatoms. The number of halogens is 1. The molecule has 31 heavy (non-hydrogen) atoms. The van der Waals surface area contributed by atoms with Crippen LogP contribution in [0.15, 0.2) is 53.4 Å². The summed E-state index contributed by atoms with van der Waals surface area (Å²) in [5.41, 5.74) is 1.69. The van der Waals surface area contributed by atoms with Crippen LogP contribution in [0.25, 0.3) is 11.0 Å². The van der Waals surface area contributed by atoms with Gasteiger partial charge in [0.15, 0.2) is 0 Å². The molecule has 0 unspecified atom stereocenters. The second-order valence-corrected chi connectivity index (χ2v) is 8.98. The lowest BCUT2D eigenvalue weighted by Gasteiger charge is -2.11. The molecule has 1 heterocycles. The number of para-hydroxylation sites is 2. The molecule has 8 nitrogen and oxygen atoms in total. The number of anilines is 1. The smallest absolute Gasteiger partial charge is 0.240 e. The SMILES string of the molecule is CCOCCCn1c(NC(=O)CCNS(=O)(=O)c2cccc(Cl)c2)nc2ccccc21. The zero-order valence-corrected chi connectivity index (χ0v) is 18.7. The van der Waals surface area contributed by atoms with Crippen LogP contribution in [0.2, 0.25) is 5.02 Å². The van der Waals surface area contributed by atoms with Crippen molar-refractivity contribution in [3.05, 3.63) is 53.6 Å². The van der Waals surface area contributed by atoms with Gasteiger partial charge >= 0.3 is 0 Å². The van der Waals surface area contributed by atoms with Crippen molar-refractivity contribution in [3.8, 4) is 0 Å². The molecule has 0 atom stereocenters. The number of rotatable bonds is 11. The number of nitrogens with one attached hydrogen (secondary N) is 2. The highest BCUT2D eigenvalue weighted by molar-refractivity contribution is 7.89. The van der Waals surface area contributed by atoms with E-state index in [4.69, 9.17) is 16.3 Å². The molecule has 0 spiro atoms. The fraction of sp³-hybridized carbons (Fsp3) is 0.333. The predicted octanol–water partition coefficient (Wildman–Crippen LogP) is 3.42. The van der Waals surface area contributed by atoms with E-state index in [1.165, 1.54) is 12.1 Å². The maximum absolute atomic E-state index is 12.4. The van der Waals surface area contributed by atoms with Gasteiger partial charge in [-0.1, -0.05) is 29.8 Å². The molecule has 2 N–H and O–H groups in total. The Morgan fingerprint density at radius 1 is 1.19 bits per heavy atom. The molecule has 1 amide bonds. The molecule has 0 radical (unpaired) electrons. The largest absolute Gasteiger partial charge is 0.382 e. The van der Waals surface area contributed by atoms with Crippen molar-refractivity contribution in [1.82, 2.24) is 14.3 Å². The lowest BCUT2D eigenvalue weighted by atomic mass is 10.3. The van der Waals surface area contributed by atoms with Crippen molar-refractivity contribution < 1.29 is 17.9 Å². The number of imidazole rings is 1. The Bertz CT molecular complexity index is 1150. The standard InChI is InChI=1S/C21H25ClN4O4S/c1-2-30-14-6-13-26-19-10-4-3-9-18(19)24-21(26)25-20(27)11-12-23-31(28,29)17-8-5-7-16(22)15-17/h3-5,7-10,15,23H,2,6,11-14H2,1H3,(H,24,25,27). The van der Waals surface area contributed by atoms with Crippen LogP contribution in [0.4, 0.5) is 5.95 Å². The van der Waals surface area contributed by atoms with Crippen LogP contribution in [0.5, 0.6) is 0 Å². The number of carbonyl (C=O) groups excluding carboxylic acids is 1.